The van der Waals surface area contributed by atoms with Crippen molar-refractivity contribution in [2.75, 3.05) is 0 Å². The second kappa shape index (κ2) is 2.33. The summed E-state index contributed by atoms with van der Waals surface area (Å²) in [5.74, 6) is 0. The minimum atomic E-state index is -0.474. The van der Waals surface area contributed by atoms with Gasteiger partial charge in [-0.05, 0) is 43.4 Å². The topological polar surface area (TPSA) is 20.2 Å². The molecular formula is C11H14O. The molecule has 12 heavy (non-hydrogen) atoms. The molecule has 1 aliphatic rings. The number of aryl methyl sites for hydroxylation is 2. The van der Waals surface area contributed by atoms with E-state index in [2.05, 4.69) is 26.0 Å². The van der Waals surface area contributed by atoms with Gasteiger partial charge in [0.2, 0.25) is 0 Å². The van der Waals surface area contributed by atoms with Gasteiger partial charge in [0.25, 0.3) is 0 Å². The Hall–Kier alpha value is -0.820. The second-order valence-electron chi connectivity index (χ2n) is 3.83. The van der Waals surface area contributed by atoms with Crippen LogP contribution in [0, 0.1) is 13.8 Å². The zero-order chi connectivity index (χ0) is 8.77. The van der Waals surface area contributed by atoms with Gasteiger partial charge in [-0.15, -0.1) is 0 Å². The fourth-order valence-electron chi connectivity index (χ4n) is 1.44. The van der Waals surface area contributed by atoms with E-state index in [-0.39, 0.29) is 0 Å². The highest BCUT2D eigenvalue weighted by Crippen LogP contribution is 2.45. The van der Waals surface area contributed by atoms with E-state index >= 15 is 0 Å². The zero-order valence-corrected chi connectivity index (χ0v) is 7.59. The number of rotatable bonds is 1. The van der Waals surface area contributed by atoms with Crippen LogP contribution in [-0.2, 0) is 5.60 Å². The van der Waals surface area contributed by atoms with Crippen LogP contribution in [0.25, 0.3) is 0 Å². The molecule has 0 amide bonds. The van der Waals surface area contributed by atoms with Crippen molar-refractivity contribution in [2.45, 2.75) is 32.3 Å². The summed E-state index contributed by atoms with van der Waals surface area (Å²) in [4.78, 5) is 0. The summed E-state index contributed by atoms with van der Waals surface area (Å²) in [5, 5.41) is 9.82. The molecule has 1 aromatic carbocycles. The van der Waals surface area contributed by atoms with Gasteiger partial charge in [0.15, 0.2) is 0 Å². The maximum Gasteiger partial charge on any atom is 0.0899 e. The molecule has 1 aliphatic carbocycles. The average Bonchev–Trinajstić information content (AvgIpc) is 2.75. The van der Waals surface area contributed by atoms with Crippen molar-refractivity contribution in [1.29, 1.82) is 0 Å². The summed E-state index contributed by atoms with van der Waals surface area (Å²) in [6.45, 7) is 4.18. The van der Waals surface area contributed by atoms with Crippen LogP contribution in [0.2, 0.25) is 0 Å². The predicted molar refractivity (Wildman–Crippen MR) is 49.0 cm³/mol. The molecule has 1 N–H and O–H groups in total. The van der Waals surface area contributed by atoms with Crippen LogP contribution in [0.3, 0.4) is 0 Å². The molecule has 0 radical (unpaired) electrons. The van der Waals surface area contributed by atoms with Gasteiger partial charge in [0.1, 0.15) is 0 Å². The quantitative estimate of drug-likeness (QED) is 0.671. The smallest absolute Gasteiger partial charge is 0.0899 e. The molecule has 64 valence electrons. The summed E-state index contributed by atoms with van der Waals surface area (Å²) >= 11 is 0. The van der Waals surface area contributed by atoms with Gasteiger partial charge in [0, 0.05) is 0 Å². The van der Waals surface area contributed by atoms with E-state index in [1.54, 1.807) is 0 Å². The summed E-state index contributed by atoms with van der Waals surface area (Å²) in [6, 6.07) is 6.22. The molecule has 1 heteroatoms. The molecule has 0 spiro atoms. The molecule has 0 heterocycles. The molecule has 0 bridgehead atoms. The molecule has 1 saturated carbocycles. The first kappa shape index (κ1) is 7.81. The monoisotopic (exact) mass is 162 g/mol. The minimum Gasteiger partial charge on any atom is -0.385 e. The molecule has 1 nitrogen and oxygen atoms in total. The summed E-state index contributed by atoms with van der Waals surface area (Å²) < 4.78 is 0. The summed E-state index contributed by atoms with van der Waals surface area (Å²) in [5.41, 5.74) is 3.18. The highest BCUT2D eigenvalue weighted by Gasteiger charge is 2.41. The van der Waals surface area contributed by atoms with Crippen LogP contribution in [0.15, 0.2) is 18.2 Å². The highest BCUT2D eigenvalue weighted by molar-refractivity contribution is 5.35. The van der Waals surface area contributed by atoms with Gasteiger partial charge in [-0.3, -0.25) is 0 Å². The second-order valence-corrected chi connectivity index (χ2v) is 3.83. The van der Waals surface area contributed by atoms with Gasteiger partial charge in [-0.25, -0.2) is 0 Å². The normalized spacial score (nSPS) is 19.2. The lowest BCUT2D eigenvalue weighted by Gasteiger charge is -2.09. The first-order valence-corrected chi connectivity index (χ1v) is 4.42. The largest absolute Gasteiger partial charge is 0.385 e. The van der Waals surface area contributed by atoms with Crippen molar-refractivity contribution in [3.63, 3.8) is 0 Å². The zero-order valence-electron chi connectivity index (χ0n) is 7.59. The third-order valence-corrected chi connectivity index (χ3v) is 2.77. The van der Waals surface area contributed by atoms with Gasteiger partial charge in [-0.2, -0.15) is 0 Å². The highest BCUT2D eigenvalue weighted by atomic mass is 16.3. The minimum absolute atomic E-state index is 0.474. The predicted octanol–water partition coefficient (Wildman–Crippen LogP) is 2.28. The summed E-state index contributed by atoms with van der Waals surface area (Å²) in [7, 11) is 0. The van der Waals surface area contributed by atoms with E-state index in [1.165, 1.54) is 11.1 Å². The van der Waals surface area contributed by atoms with Crippen molar-refractivity contribution in [3.05, 3.63) is 34.9 Å². The Bertz CT molecular complexity index is 311. The Kier molecular flexibility index (Phi) is 1.52. The van der Waals surface area contributed by atoms with Crippen LogP contribution in [0.5, 0.6) is 0 Å². The fourth-order valence-corrected chi connectivity index (χ4v) is 1.44. The SMILES string of the molecule is Cc1ccc(C2(O)CC2)cc1C. The van der Waals surface area contributed by atoms with E-state index in [1.807, 2.05) is 6.07 Å². The lowest BCUT2D eigenvalue weighted by molar-refractivity contribution is 0.151. The third kappa shape index (κ3) is 1.14. The lowest BCUT2D eigenvalue weighted by atomic mass is 10.0. The molecule has 0 saturated heterocycles. The molecule has 1 fully saturated rings. The molecule has 2 rings (SSSR count). The summed E-state index contributed by atoms with van der Waals surface area (Å²) in [6.07, 6.45) is 1.85. The number of hydrogen-bond acceptors (Lipinski definition) is 1. The van der Waals surface area contributed by atoms with Crippen LogP contribution in [0.1, 0.15) is 29.5 Å². The standard InChI is InChI=1S/C11H14O/c1-8-3-4-10(7-9(8)2)11(12)5-6-11/h3-4,7,12H,5-6H2,1-2H3. The van der Waals surface area contributed by atoms with Crippen LogP contribution >= 0.6 is 0 Å². The van der Waals surface area contributed by atoms with E-state index in [0.717, 1.165) is 18.4 Å². The third-order valence-electron chi connectivity index (χ3n) is 2.77. The number of hydrogen-bond donors (Lipinski definition) is 1. The molecule has 0 atom stereocenters. The Morgan fingerprint density at radius 1 is 1.17 bits per heavy atom. The van der Waals surface area contributed by atoms with E-state index in [0.29, 0.717) is 0 Å². The van der Waals surface area contributed by atoms with Crippen LogP contribution < -0.4 is 0 Å². The maximum atomic E-state index is 9.82. The Morgan fingerprint density at radius 3 is 2.33 bits per heavy atom. The van der Waals surface area contributed by atoms with Gasteiger partial charge in [0.05, 0.1) is 5.60 Å². The Morgan fingerprint density at radius 2 is 1.83 bits per heavy atom. The Labute approximate surface area is 73.0 Å². The maximum absolute atomic E-state index is 9.82. The average molecular weight is 162 g/mol. The first-order valence-electron chi connectivity index (χ1n) is 4.42. The molecule has 0 aliphatic heterocycles. The molecule has 1 aromatic rings. The fraction of sp³-hybridized carbons (Fsp3) is 0.455. The van der Waals surface area contributed by atoms with Gasteiger partial charge in [-0.1, -0.05) is 18.2 Å². The van der Waals surface area contributed by atoms with Gasteiger partial charge < -0.3 is 5.11 Å². The van der Waals surface area contributed by atoms with Crippen molar-refractivity contribution in [2.24, 2.45) is 0 Å². The first-order chi connectivity index (χ1) is 5.62. The van der Waals surface area contributed by atoms with E-state index in [4.69, 9.17) is 0 Å². The van der Waals surface area contributed by atoms with Gasteiger partial charge >= 0.3 is 0 Å². The molecule has 0 unspecified atom stereocenters. The molecular weight excluding hydrogens is 148 g/mol. The number of benzene rings is 1. The lowest BCUT2D eigenvalue weighted by Crippen LogP contribution is -2.04. The van der Waals surface area contributed by atoms with Crippen molar-refractivity contribution >= 4 is 0 Å². The van der Waals surface area contributed by atoms with Crippen molar-refractivity contribution in [1.82, 2.24) is 0 Å². The van der Waals surface area contributed by atoms with E-state index < -0.39 is 5.60 Å². The number of aliphatic hydroxyl groups is 1. The van der Waals surface area contributed by atoms with Crippen molar-refractivity contribution in [3.8, 4) is 0 Å². The van der Waals surface area contributed by atoms with Crippen LogP contribution in [-0.4, -0.2) is 5.11 Å². The Balaban J connectivity index is 2.41. The van der Waals surface area contributed by atoms with Crippen molar-refractivity contribution < 1.29 is 5.11 Å². The van der Waals surface area contributed by atoms with Crippen LogP contribution in [0.4, 0.5) is 0 Å². The molecule has 0 aromatic heterocycles. The van der Waals surface area contributed by atoms with E-state index in [9.17, 15) is 5.11 Å².